The van der Waals surface area contributed by atoms with Gasteiger partial charge in [0.1, 0.15) is 9.92 Å². The largest absolute Gasteiger partial charge is 0.300 e. The number of likely N-dealkylation sites (N-methyl/N-ethyl adjacent to an activating group) is 1. The van der Waals surface area contributed by atoms with E-state index in [-0.39, 0.29) is 6.04 Å². The van der Waals surface area contributed by atoms with Gasteiger partial charge in [-0.2, -0.15) is 0 Å². The minimum absolute atomic E-state index is 0.268. The van der Waals surface area contributed by atoms with Crippen LogP contribution in [0.4, 0.5) is 0 Å². The smallest absolute Gasteiger partial charge is 0.102 e. The summed E-state index contributed by atoms with van der Waals surface area (Å²) in [5.41, 5.74) is 0. The normalized spacial score (nSPS) is 26.0. The van der Waals surface area contributed by atoms with Gasteiger partial charge in [-0.25, -0.2) is 13.7 Å². The summed E-state index contributed by atoms with van der Waals surface area (Å²) in [6, 6.07) is 0.268. The first-order valence-corrected chi connectivity index (χ1v) is 5.71. The standard InChI is InChI=1S/C6H15N3OS/c1-3-9-4-6(5-9)8-11(2,7)10/h6H,3-5H2,1-2H3,(H2,7,8,10). The summed E-state index contributed by atoms with van der Waals surface area (Å²) in [5, 5.41) is 0. The molecule has 11 heavy (non-hydrogen) atoms. The predicted molar refractivity (Wildman–Crippen MR) is 45.8 cm³/mol. The molecule has 4 nitrogen and oxygen atoms in total. The molecule has 0 aromatic heterocycles. The number of hydrogen-bond donors (Lipinski definition) is 2. The SMILES string of the molecule is CCN1CC(NS(C)(=N)=O)C1. The molecule has 0 spiro atoms. The molecule has 1 atom stereocenters. The Morgan fingerprint density at radius 1 is 1.73 bits per heavy atom. The van der Waals surface area contributed by atoms with E-state index in [9.17, 15) is 4.21 Å². The molecule has 1 unspecified atom stereocenters. The van der Waals surface area contributed by atoms with Crippen molar-refractivity contribution in [2.75, 3.05) is 25.9 Å². The predicted octanol–water partition coefficient (Wildman–Crippen LogP) is -0.128. The number of rotatable bonds is 3. The fourth-order valence-corrected chi connectivity index (χ4v) is 2.01. The highest BCUT2D eigenvalue weighted by atomic mass is 32.2. The van der Waals surface area contributed by atoms with Crippen molar-refractivity contribution < 1.29 is 4.21 Å². The number of likely N-dealkylation sites (tertiary alicyclic amines) is 1. The van der Waals surface area contributed by atoms with E-state index < -0.39 is 9.92 Å². The van der Waals surface area contributed by atoms with Crippen molar-refractivity contribution in [3.63, 3.8) is 0 Å². The van der Waals surface area contributed by atoms with Gasteiger partial charge >= 0.3 is 0 Å². The molecule has 1 fully saturated rings. The van der Waals surface area contributed by atoms with Gasteiger partial charge < -0.3 is 4.90 Å². The summed E-state index contributed by atoms with van der Waals surface area (Å²) in [4.78, 5) is 2.24. The van der Waals surface area contributed by atoms with Gasteiger partial charge in [-0.1, -0.05) is 6.92 Å². The monoisotopic (exact) mass is 177 g/mol. The van der Waals surface area contributed by atoms with E-state index in [0.29, 0.717) is 0 Å². The van der Waals surface area contributed by atoms with Crippen LogP contribution in [0, 0.1) is 4.78 Å². The first-order valence-electron chi connectivity index (χ1n) is 3.74. The van der Waals surface area contributed by atoms with Gasteiger partial charge in [-0.05, 0) is 6.54 Å². The lowest BCUT2D eigenvalue weighted by atomic mass is 10.1. The second-order valence-electron chi connectivity index (χ2n) is 3.01. The maximum absolute atomic E-state index is 10.9. The molecule has 0 aliphatic carbocycles. The van der Waals surface area contributed by atoms with Gasteiger partial charge in [-0.15, -0.1) is 0 Å². The molecule has 1 aliphatic rings. The Balaban J connectivity index is 2.24. The van der Waals surface area contributed by atoms with Crippen molar-refractivity contribution in [1.82, 2.24) is 9.62 Å². The van der Waals surface area contributed by atoms with E-state index in [1.165, 1.54) is 6.26 Å². The maximum Gasteiger partial charge on any atom is 0.102 e. The van der Waals surface area contributed by atoms with E-state index in [0.717, 1.165) is 19.6 Å². The zero-order valence-corrected chi connectivity index (χ0v) is 7.78. The Morgan fingerprint density at radius 3 is 2.64 bits per heavy atom. The van der Waals surface area contributed by atoms with E-state index >= 15 is 0 Å². The molecule has 1 saturated heterocycles. The van der Waals surface area contributed by atoms with Crippen LogP contribution in [0.2, 0.25) is 0 Å². The van der Waals surface area contributed by atoms with Gasteiger partial charge in [-0.3, -0.25) is 0 Å². The summed E-state index contributed by atoms with van der Waals surface area (Å²) in [5.74, 6) is 0. The molecule has 0 saturated carbocycles. The maximum atomic E-state index is 10.9. The lowest BCUT2D eigenvalue weighted by molar-refractivity contribution is 0.150. The van der Waals surface area contributed by atoms with Gasteiger partial charge in [0, 0.05) is 25.4 Å². The van der Waals surface area contributed by atoms with Crippen LogP contribution in [-0.4, -0.2) is 41.0 Å². The Labute approximate surface area is 68.1 Å². The zero-order chi connectivity index (χ0) is 8.48. The lowest BCUT2D eigenvalue weighted by Gasteiger charge is -2.38. The number of nitrogens with one attached hydrogen (secondary N) is 2. The van der Waals surface area contributed by atoms with Gasteiger partial charge in [0.2, 0.25) is 0 Å². The van der Waals surface area contributed by atoms with E-state index in [4.69, 9.17) is 4.78 Å². The lowest BCUT2D eigenvalue weighted by Crippen LogP contribution is -2.58. The van der Waals surface area contributed by atoms with Crippen LogP contribution in [0.1, 0.15) is 6.92 Å². The summed E-state index contributed by atoms with van der Waals surface area (Å²) in [6.07, 6.45) is 1.42. The topological polar surface area (TPSA) is 56.2 Å². The Hall–Kier alpha value is -0.130. The van der Waals surface area contributed by atoms with Gasteiger partial charge in [0.25, 0.3) is 0 Å². The Kier molecular flexibility index (Phi) is 2.51. The summed E-state index contributed by atoms with van der Waals surface area (Å²) in [7, 11) is -2.49. The van der Waals surface area contributed by atoms with Crippen molar-refractivity contribution in [1.29, 1.82) is 4.78 Å². The van der Waals surface area contributed by atoms with Crippen LogP contribution in [0.15, 0.2) is 0 Å². The highest BCUT2D eigenvalue weighted by Crippen LogP contribution is 2.06. The minimum atomic E-state index is -2.49. The van der Waals surface area contributed by atoms with Crippen LogP contribution in [-0.2, 0) is 9.92 Å². The van der Waals surface area contributed by atoms with Crippen LogP contribution in [0.5, 0.6) is 0 Å². The van der Waals surface area contributed by atoms with Crippen molar-refractivity contribution >= 4 is 9.92 Å². The third-order valence-electron chi connectivity index (χ3n) is 1.80. The average molecular weight is 177 g/mol. The first kappa shape index (κ1) is 8.96. The molecule has 1 rings (SSSR count). The van der Waals surface area contributed by atoms with Gasteiger partial charge in [0.05, 0.1) is 0 Å². The summed E-state index contributed by atoms with van der Waals surface area (Å²) in [6.45, 7) is 5.00. The molecule has 2 N–H and O–H groups in total. The number of nitrogens with zero attached hydrogens (tertiary/aromatic N) is 1. The third kappa shape index (κ3) is 2.76. The molecular formula is C6H15N3OS. The minimum Gasteiger partial charge on any atom is -0.300 e. The van der Waals surface area contributed by atoms with Crippen molar-refractivity contribution in [2.24, 2.45) is 0 Å². The van der Waals surface area contributed by atoms with E-state index in [2.05, 4.69) is 16.5 Å². The van der Waals surface area contributed by atoms with Crippen LogP contribution in [0.3, 0.4) is 0 Å². The fourth-order valence-electron chi connectivity index (χ4n) is 1.22. The Morgan fingerprint density at radius 2 is 2.27 bits per heavy atom. The summed E-state index contributed by atoms with van der Waals surface area (Å²) < 4.78 is 20.8. The highest BCUT2D eigenvalue weighted by Gasteiger charge is 2.26. The molecule has 0 amide bonds. The molecule has 0 radical (unpaired) electrons. The molecule has 0 bridgehead atoms. The van der Waals surface area contributed by atoms with Crippen molar-refractivity contribution in [2.45, 2.75) is 13.0 Å². The molecule has 1 heterocycles. The molecule has 0 aromatic rings. The van der Waals surface area contributed by atoms with Crippen LogP contribution < -0.4 is 4.72 Å². The van der Waals surface area contributed by atoms with E-state index in [1.54, 1.807) is 0 Å². The third-order valence-corrected chi connectivity index (χ3v) is 2.58. The summed E-state index contributed by atoms with van der Waals surface area (Å²) >= 11 is 0. The van der Waals surface area contributed by atoms with Crippen molar-refractivity contribution in [3.05, 3.63) is 0 Å². The second-order valence-corrected chi connectivity index (χ2v) is 4.93. The van der Waals surface area contributed by atoms with E-state index in [1.807, 2.05) is 0 Å². The zero-order valence-electron chi connectivity index (χ0n) is 6.96. The molecule has 66 valence electrons. The molecule has 5 heteroatoms. The molecule has 1 aliphatic heterocycles. The second kappa shape index (κ2) is 3.08. The molecule has 0 aromatic carbocycles. The molecular weight excluding hydrogens is 162 g/mol. The van der Waals surface area contributed by atoms with Crippen molar-refractivity contribution in [3.8, 4) is 0 Å². The fraction of sp³-hybridized carbons (Fsp3) is 1.00. The Bertz CT molecular complexity index is 218. The van der Waals surface area contributed by atoms with Gasteiger partial charge in [0.15, 0.2) is 0 Å². The quantitative estimate of drug-likeness (QED) is 0.631. The van der Waals surface area contributed by atoms with Crippen LogP contribution >= 0.6 is 0 Å². The highest BCUT2D eigenvalue weighted by molar-refractivity contribution is 7.89. The average Bonchev–Trinajstić information content (AvgIpc) is 1.75. The number of hydrogen-bond acceptors (Lipinski definition) is 3. The van der Waals surface area contributed by atoms with Crippen LogP contribution in [0.25, 0.3) is 0 Å². The first-order chi connectivity index (χ1) is 5.01.